The lowest BCUT2D eigenvalue weighted by atomic mass is 10.1. The minimum Gasteiger partial charge on any atom is -0.391 e. The van der Waals surface area contributed by atoms with E-state index >= 15 is 0 Å². The summed E-state index contributed by atoms with van der Waals surface area (Å²) in [6, 6.07) is 16.9. The molecule has 0 saturated carbocycles. The molecule has 0 radical (unpaired) electrons. The number of nitrogens with two attached hydrogens (primary N) is 1. The maximum absolute atomic E-state index is 12.5. The van der Waals surface area contributed by atoms with E-state index in [0.717, 1.165) is 11.1 Å². The zero-order chi connectivity index (χ0) is 18.2. The van der Waals surface area contributed by atoms with E-state index in [-0.39, 0.29) is 13.0 Å². The van der Waals surface area contributed by atoms with E-state index in [1.165, 1.54) is 6.92 Å². The molecule has 0 bridgehead atoms. The number of nitrogens with zero attached hydrogens (tertiary/aromatic N) is 1. The van der Waals surface area contributed by atoms with E-state index in [1.807, 2.05) is 36.4 Å². The Balaban J connectivity index is 2.12. The van der Waals surface area contributed by atoms with Crippen molar-refractivity contribution in [3.05, 3.63) is 71.8 Å². The Kier molecular flexibility index (Phi) is 6.82. The number of hydrogen-bond acceptors (Lipinski definition) is 5. The average Bonchev–Trinajstić information content (AvgIpc) is 2.62. The van der Waals surface area contributed by atoms with Gasteiger partial charge in [0.2, 0.25) is 0 Å². The highest BCUT2D eigenvalue weighted by Crippen LogP contribution is 2.09. The molecular weight excluding hydrogens is 320 g/mol. The molecule has 0 fully saturated rings. The number of aliphatic hydroxyl groups excluding tert-OH is 1. The summed E-state index contributed by atoms with van der Waals surface area (Å²) in [4.78, 5) is 30.4. The summed E-state index contributed by atoms with van der Waals surface area (Å²) in [6.45, 7) is 1.43. The third-order valence-electron chi connectivity index (χ3n) is 3.63. The summed E-state index contributed by atoms with van der Waals surface area (Å²) >= 11 is 0. The van der Waals surface area contributed by atoms with Crippen LogP contribution in [0.1, 0.15) is 18.1 Å². The molecule has 0 aliphatic heterocycles. The first-order chi connectivity index (χ1) is 12.0. The van der Waals surface area contributed by atoms with E-state index in [9.17, 15) is 14.7 Å². The van der Waals surface area contributed by atoms with Crippen molar-refractivity contribution in [2.45, 2.75) is 32.1 Å². The molecule has 2 amide bonds. The largest absolute Gasteiger partial charge is 0.391 e. The third kappa shape index (κ3) is 5.49. The molecule has 0 unspecified atom stereocenters. The summed E-state index contributed by atoms with van der Waals surface area (Å²) in [7, 11) is 0. The quantitative estimate of drug-likeness (QED) is 0.743. The topological polar surface area (TPSA) is 92.9 Å². The number of hydroxylamine groups is 2. The molecular formula is C19H22N2O4. The van der Waals surface area contributed by atoms with Crippen LogP contribution < -0.4 is 5.73 Å². The molecule has 25 heavy (non-hydrogen) atoms. The normalized spacial score (nSPS) is 13.1. The molecule has 132 valence electrons. The first-order valence-corrected chi connectivity index (χ1v) is 8.00. The summed E-state index contributed by atoms with van der Waals surface area (Å²) in [6.07, 6.45) is -1.10. The number of benzene rings is 2. The number of carbonyl (C=O) groups is 2. The van der Waals surface area contributed by atoms with Gasteiger partial charge in [0.15, 0.2) is 0 Å². The lowest BCUT2D eigenvalue weighted by Gasteiger charge is -2.24. The van der Waals surface area contributed by atoms with Crippen molar-refractivity contribution in [1.82, 2.24) is 5.06 Å². The highest BCUT2D eigenvalue weighted by atomic mass is 16.7. The number of aliphatic hydroxyl groups is 1. The van der Waals surface area contributed by atoms with E-state index in [4.69, 9.17) is 10.6 Å². The summed E-state index contributed by atoms with van der Waals surface area (Å²) in [5.74, 6) is -1.31. The van der Waals surface area contributed by atoms with E-state index in [0.29, 0.717) is 5.06 Å². The zero-order valence-corrected chi connectivity index (χ0v) is 14.0. The minimum atomic E-state index is -1.24. The molecule has 2 aromatic carbocycles. The van der Waals surface area contributed by atoms with Gasteiger partial charge < -0.3 is 10.8 Å². The van der Waals surface area contributed by atoms with Gasteiger partial charge in [-0.1, -0.05) is 60.7 Å². The average molecular weight is 342 g/mol. The van der Waals surface area contributed by atoms with Crippen molar-refractivity contribution in [3.8, 4) is 0 Å². The van der Waals surface area contributed by atoms with Gasteiger partial charge in [0.05, 0.1) is 12.5 Å². The van der Waals surface area contributed by atoms with E-state index < -0.39 is 24.0 Å². The van der Waals surface area contributed by atoms with Crippen LogP contribution in [0.25, 0.3) is 0 Å². The van der Waals surface area contributed by atoms with Crippen LogP contribution in [0.3, 0.4) is 0 Å². The van der Waals surface area contributed by atoms with Crippen LogP contribution in [0.5, 0.6) is 0 Å². The number of amides is 2. The van der Waals surface area contributed by atoms with Gasteiger partial charge >= 0.3 is 0 Å². The molecule has 2 atom stereocenters. The van der Waals surface area contributed by atoms with Gasteiger partial charge in [-0.15, -0.1) is 0 Å². The molecule has 0 heterocycles. The van der Waals surface area contributed by atoms with Crippen molar-refractivity contribution < 1.29 is 19.5 Å². The van der Waals surface area contributed by atoms with Crippen LogP contribution in [-0.4, -0.2) is 34.1 Å². The van der Waals surface area contributed by atoms with Gasteiger partial charge in [0.1, 0.15) is 12.6 Å². The maximum atomic E-state index is 12.5. The maximum Gasteiger partial charge on any atom is 0.273 e. The highest BCUT2D eigenvalue weighted by Gasteiger charge is 2.30. The van der Waals surface area contributed by atoms with Crippen molar-refractivity contribution in [3.63, 3.8) is 0 Å². The fourth-order valence-corrected chi connectivity index (χ4v) is 2.16. The predicted octanol–water partition coefficient (Wildman–Crippen LogP) is 1.42. The van der Waals surface area contributed by atoms with Gasteiger partial charge in [-0.2, -0.15) is 5.06 Å². The standard InChI is InChI=1S/C19H22N2O4/c1-14(22)18(20)19(24)21(25-13-16-10-6-3-7-11-16)17(23)12-15-8-4-2-5-9-15/h2-11,14,18,22H,12-13,20H2,1H3/t14-,18+/m1/s1. The minimum absolute atomic E-state index is 0.00605. The molecule has 0 saturated heterocycles. The Bertz CT molecular complexity index is 689. The number of imide groups is 1. The van der Waals surface area contributed by atoms with Crippen LogP contribution >= 0.6 is 0 Å². The Hall–Kier alpha value is -2.54. The second kappa shape index (κ2) is 9.08. The van der Waals surface area contributed by atoms with Crippen LogP contribution in [0.4, 0.5) is 0 Å². The van der Waals surface area contributed by atoms with Gasteiger partial charge in [-0.3, -0.25) is 14.4 Å². The van der Waals surface area contributed by atoms with Crippen LogP contribution in [0.15, 0.2) is 60.7 Å². The van der Waals surface area contributed by atoms with Gasteiger partial charge in [0.25, 0.3) is 11.8 Å². The van der Waals surface area contributed by atoms with Crippen molar-refractivity contribution in [2.75, 3.05) is 0 Å². The summed E-state index contributed by atoms with van der Waals surface area (Å²) in [5, 5.41) is 10.2. The van der Waals surface area contributed by atoms with Gasteiger partial charge in [-0.05, 0) is 18.1 Å². The molecule has 0 aromatic heterocycles. The lowest BCUT2D eigenvalue weighted by Crippen LogP contribution is -2.51. The second-order valence-corrected chi connectivity index (χ2v) is 5.71. The smallest absolute Gasteiger partial charge is 0.273 e. The van der Waals surface area contributed by atoms with Crippen molar-refractivity contribution in [2.24, 2.45) is 5.73 Å². The highest BCUT2D eigenvalue weighted by molar-refractivity contribution is 5.97. The molecule has 0 aliphatic rings. The third-order valence-corrected chi connectivity index (χ3v) is 3.63. The van der Waals surface area contributed by atoms with Crippen LogP contribution in [-0.2, 0) is 27.5 Å². The van der Waals surface area contributed by atoms with Crippen LogP contribution in [0, 0.1) is 0 Å². The number of carbonyl (C=O) groups excluding carboxylic acids is 2. The van der Waals surface area contributed by atoms with Crippen LogP contribution in [0.2, 0.25) is 0 Å². The SMILES string of the molecule is C[C@@H](O)[C@H](N)C(=O)N(OCc1ccccc1)C(=O)Cc1ccccc1. The molecule has 6 heteroatoms. The van der Waals surface area contributed by atoms with E-state index in [1.54, 1.807) is 24.3 Å². The fraction of sp³-hybridized carbons (Fsp3) is 0.263. The monoisotopic (exact) mass is 342 g/mol. The van der Waals surface area contributed by atoms with Crippen molar-refractivity contribution in [1.29, 1.82) is 0 Å². The number of hydrogen-bond donors (Lipinski definition) is 2. The Morgan fingerprint density at radius 3 is 2.08 bits per heavy atom. The molecule has 3 N–H and O–H groups in total. The molecule has 2 aromatic rings. The molecule has 0 aliphatic carbocycles. The Labute approximate surface area is 146 Å². The second-order valence-electron chi connectivity index (χ2n) is 5.71. The van der Waals surface area contributed by atoms with Gasteiger partial charge in [0, 0.05) is 0 Å². The molecule has 6 nitrogen and oxygen atoms in total. The number of rotatable bonds is 7. The first kappa shape index (κ1) is 18.8. The summed E-state index contributed by atoms with van der Waals surface area (Å²) in [5.41, 5.74) is 7.24. The fourth-order valence-electron chi connectivity index (χ4n) is 2.16. The Morgan fingerprint density at radius 1 is 1.04 bits per heavy atom. The zero-order valence-electron chi connectivity index (χ0n) is 14.0. The van der Waals surface area contributed by atoms with Crippen molar-refractivity contribution >= 4 is 11.8 Å². The Morgan fingerprint density at radius 2 is 1.56 bits per heavy atom. The van der Waals surface area contributed by atoms with Gasteiger partial charge in [-0.25, -0.2) is 0 Å². The molecule has 0 spiro atoms. The first-order valence-electron chi connectivity index (χ1n) is 8.00. The summed E-state index contributed by atoms with van der Waals surface area (Å²) < 4.78 is 0. The molecule has 2 rings (SSSR count). The van der Waals surface area contributed by atoms with E-state index in [2.05, 4.69) is 0 Å². The lowest BCUT2D eigenvalue weighted by molar-refractivity contribution is -0.200. The predicted molar refractivity (Wildman–Crippen MR) is 92.9 cm³/mol.